The van der Waals surface area contributed by atoms with Gasteiger partial charge in [-0.05, 0) is 50.9 Å². The Hall–Kier alpha value is -1.67. The number of nitrogens with one attached hydrogen (secondary N) is 1. The Kier molecular flexibility index (Phi) is 4.96. The zero-order chi connectivity index (χ0) is 17.3. The van der Waals surface area contributed by atoms with Gasteiger partial charge in [0.2, 0.25) is 0 Å². The SMILES string of the molecule is CC1(C)OB(C(=Cc2ccc(C(=O)NN)cc2)CO)OC1(C)C. The molecule has 1 saturated heterocycles. The quantitative estimate of drug-likeness (QED) is 0.337. The average Bonchev–Trinajstić information content (AvgIpc) is 2.72. The zero-order valence-corrected chi connectivity index (χ0v) is 13.9. The van der Waals surface area contributed by atoms with Crippen molar-refractivity contribution in [3.8, 4) is 0 Å². The number of nitrogen functional groups attached to an aromatic ring is 1. The first-order valence-corrected chi connectivity index (χ1v) is 7.48. The first-order chi connectivity index (χ1) is 10.7. The molecule has 0 radical (unpaired) electrons. The van der Waals surface area contributed by atoms with E-state index in [1.54, 1.807) is 30.3 Å². The molecule has 4 N–H and O–H groups in total. The molecular formula is C16H23BN2O4. The normalized spacial score (nSPS) is 19.7. The van der Waals surface area contributed by atoms with Crippen LogP contribution in [-0.2, 0) is 9.31 Å². The molecule has 23 heavy (non-hydrogen) atoms. The molecule has 1 aromatic carbocycles. The molecule has 1 amide bonds. The van der Waals surface area contributed by atoms with Gasteiger partial charge in [-0.15, -0.1) is 0 Å². The molecule has 0 atom stereocenters. The van der Waals surface area contributed by atoms with Crippen LogP contribution in [0.4, 0.5) is 0 Å². The second-order valence-electron chi connectivity index (χ2n) is 6.56. The van der Waals surface area contributed by atoms with Crippen LogP contribution in [0.15, 0.2) is 29.7 Å². The number of hydrogen-bond acceptors (Lipinski definition) is 5. The summed E-state index contributed by atoms with van der Waals surface area (Å²) in [5.74, 6) is 4.75. The van der Waals surface area contributed by atoms with Crippen molar-refractivity contribution >= 4 is 19.1 Å². The average molecular weight is 318 g/mol. The molecule has 0 spiro atoms. The number of nitrogens with two attached hydrogens (primary N) is 1. The summed E-state index contributed by atoms with van der Waals surface area (Å²) in [4.78, 5) is 11.4. The summed E-state index contributed by atoms with van der Waals surface area (Å²) in [6.45, 7) is 7.66. The van der Waals surface area contributed by atoms with Gasteiger partial charge in [0.05, 0.1) is 17.8 Å². The minimum atomic E-state index is -0.600. The number of carbonyl (C=O) groups is 1. The molecular weight excluding hydrogens is 295 g/mol. The van der Waals surface area contributed by atoms with Crippen LogP contribution in [0.1, 0.15) is 43.6 Å². The van der Waals surface area contributed by atoms with E-state index in [-0.39, 0.29) is 12.5 Å². The highest BCUT2D eigenvalue weighted by molar-refractivity contribution is 6.55. The highest BCUT2D eigenvalue weighted by atomic mass is 16.7. The summed E-state index contributed by atoms with van der Waals surface area (Å²) in [5, 5.41) is 9.66. The fourth-order valence-electron chi connectivity index (χ4n) is 2.21. The summed E-state index contributed by atoms with van der Waals surface area (Å²) in [6, 6.07) is 6.86. The summed E-state index contributed by atoms with van der Waals surface area (Å²) in [7, 11) is -0.600. The molecule has 1 fully saturated rings. The van der Waals surface area contributed by atoms with Crippen molar-refractivity contribution in [3.05, 3.63) is 40.9 Å². The number of carbonyl (C=O) groups excluding carboxylic acids is 1. The lowest BCUT2D eigenvalue weighted by Crippen LogP contribution is -2.41. The van der Waals surface area contributed by atoms with Gasteiger partial charge < -0.3 is 14.4 Å². The van der Waals surface area contributed by atoms with E-state index in [9.17, 15) is 9.90 Å². The van der Waals surface area contributed by atoms with E-state index < -0.39 is 18.3 Å². The lowest BCUT2D eigenvalue weighted by Gasteiger charge is -2.32. The Morgan fingerprint density at radius 1 is 1.22 bits per heavy atom. The van der Waals surface area contributed by atoms with E-state index in [1.165, 1.54) is 0 Å². The van der Waals surface area contributed by atoms with Crippen LogP contribution in [0, 0.1) is 0 Å². The maximum Gasteiger partial charge on any atom is 0.492 e. The lowest BCUT2D eigenvalue weighted by molar-refractivity contribution is 0.00578. The number of rotatable bonds is 4. The van der Waals surface area contributed by atoms with Crippen molar-refractivity contribution in [2.24, 2.45) is 5.84 Å². The molecule has 7 heteroatoms. The van der Waals surface area contributed by atoms with E-state index in [1.807, 2.05) is 27.7 Å². The van der Waals surface area contributed by atoms with Crippen LogP contribution in [0.3, 0.4) is 0 Å². The Bertz CT molecular complexity index is 595. The lowest BCUT2D eigenvalue weighted by atomic mass is 9.77. The van der Waals surface area contributed by atoms with Gasteiger partial charge in [-0.1, -0.05) is 18.2 Å². The molecule has 2 rings (SSSR count). The molecule has 124 valence electrons. The smallest absolute Gasteiger partial charge is 0.400 e. The first kappa shape index (κ1) is 17.7. The minimum absolute atomic E-state index is 0.179. The number of aliphatic hydroxyl groups excluding tert-OH is 1. The number of amides is 1. The van der Waals surface area contributed by atoms with E-state index >= 15 is 0 Å². The Morgan fingerprint density at radius 3 is 2.17 bits per heavy atom. The monoisotopic (exact) mass is 318 g/mol. The van der Waals surface area contributed by atoms with Crippen molar-refractivity contribution in [2.45, 2.75) is 38.9 Å². The molecule has 0 aromatic heterocycles. The van der Waals surface area contributed by atoms with E-state index in [0.717, 1.165) is 5.56 Å². The van der Waals surface area contributed by atoms with Crippen LogP contribution in [0.5, 0.6) is 0 Å². The maximum absolute atomic E-state index is 11.4. The minimum Gasteiger partial charge on any atom is -0.400 e. The predicted octanol–water partition coefficient (Wildman–Crippen LogP) is 1.30. The standard InChI is InChI=1S/C16H23BN2O4/c1-15(2)16(3,4)23-17(22-15)13(10-20)9-11-5-7-12(8-6-11)14(21)19-18/h5-9,20H,10,18H2,1-4H3,(H,19,21). The van der Waals surface area contributed by atoms with E-state index in [0.29, 0.717) is 11.0 Å². The summed E-state index contributed by atoms with van der Waals surface area (Å²) in [6.07, 6.45) is 1.80. The van der Waals surface area contributed by atoms with Gasteiger partial charge in [-0.3, -0.25) is 10.2 Å². The number of hydrazine groups is 1. The topological polar surface area (TPSA) is 93.8 Å². The molecule has 0 bridgehead atoms. The summed E-state index contributed by atoms with van der Waals surface area (Å²) < 4.78 is 11.9. The van der Waals surface area contributed by atoms with Crippen molar-refractivity contribution in [2.75, 3.05) is 6.61 Å². The first-order valence-electron chi connectivity index (χ1n) is 7.48. The largest absolute Gasteiger partial charge is 0.492 e. The van der Waals surface area contributed by atoms with Gasteiger partial charge in [0.25, 0.3) is 5.91 Å². The third kappa shape index (κ3) is 3.64. The van der Waals surface area contributed by atoms with Crippen LogP contribution in [0.2, 0.25) is 0 Å². The number of aliphatic hydroxyl groups is 1. The van der Waals surface area contributed by atoms with E-state index in [2.05, 4.69) is 5.43 Å². The third-order valence-corrected chi connectivity index (χ3v) is 4.39. The number of hydrogen-bond donors (Lipinski definition) is 3. The summed E-state index contributed by atoms with van der Waals surface area (Å²) >= 11 is 0. The molecule has 6 nitrogen and oxygen atoms in total. The van der Waals surface area contributed by atoms with Crippen molar-refractivity contribution in [3.63, 3.8) is 0 Å². The van der Waals surface area contributed by atoms with Gasteiger partial charge in [0.15, 0.2) is 0 Å². The molecule has 0 aliphatic carbocycles. The molecule has 0 unspecified atom stereocenters. The molecule has 1 aliphatic heterocycles. The van der Waals surface area contributed by atoms with Gasteiger partial charge >= 0.3 is 7.12 Å². The summed E-state index contributed by atoms with van der Waals surface area (Å²) in [5.41, 5.74) is 3.07. The van der Waals surface area contributed by atoms with Crippen LogP contribution < -0.4 is 11.3 Å². The highest BCUT2D eigenvalue weighted by Crippen LogP contribution is 2.38. The molecule has 1 aliphatic rings. The van der Waals surface area contributed by atoms with Gasteiger partial charge in [0, 0.05) is 5.56 Å². The van der Waals surface area contributed by atoms with Crippen molar-refractivity contribution in [1.82, 2.24) is 5.43 Å². The Labute approximate surface area is 136 Å². The zero-order valence-electron chi connectivity index (χ0n) is 13.9. The van der Waals surface area contributed by atoms with Gasteiger partial charge in [-0.2, -0.15) is 0 Å². The molecule has 1 heterocycles. The highest BCUT2D eigenvalue weighted by Gasteiger charge is 2.52. The van der Waals surface area contributed by atoms with Crippen molar-refractivity contribution in [1.29, 1.82) is 0 Å². The van der Waals surface area contributed by atoms with Crippen LogP contribution in [-0.4, -0.2) is 35.9 Å². The second kappa shape index (κ2) is 6.45. The number of benzene rings is 1. The van der Waals surface area contributed by atoms with Gasteiger partial charge in [0.1, 0.15) is 0 Å². The molecule has 0 saturated carbocycles. The van der Waals surface area contributed by atoms with Gasteiger partial charge in [-0.25, -0.2) is 5.84 Å². The fourth-order valence-corrected chi connectivity index (χ4v) is 2.21. The second-order valence-corrected chi connectivity index (χ2v) is 6.56. The van der Waals surface area contributed by atoms with Crippen LogP contribution in [0.25, 0.3) is 6.08 Å². The van der Waals surface area contributed by atoms with Crippen molar-refractivity contribution < 1.29 is 19.2 Å². The van der Waals surface area contributed by atoms with Crippen LogP contribution >= 0.6 is 0 Å². The predicted molar refractivity (Wildman–Crippen MR) is 89.2 cm³/mol. The third-order valence-electron chi connectivity index (χ3n) is 4.39. The Balaban J connectivity index is 2.21. The fraction of sp³-hybridized carbons (Fsp3) is 0.438. The maximum atomic E-state index is 11.4. The van der Waals surface area contributed by atoms with E-state index in [4.69, 9.17) is 15.2 Å². The molecule has 1 aromatic rings. The Morgan fingerprint density at radius 2 is 1.74 bits per heavy atom.